The van der Waals surface area contributed by atoms with E-state index in [0.717, 1.165) is 23.8 Å². The molecule has 242 valence electrons. The fraction of sp³-hybridized carbons (Fsp3) is 0.400. The quantitative estimate of drug-likeness (QED) is 0.213. The normalized spacial score (nSPS) is 18.0. The number of amides is 2. The highest BCUT2D eigenvalue weighted by atomic mass is 19.1. The van der Waals surface area contributed by atoms with Gasteiger partial charge in [0.05, 0.1) is 38.1 Å². The zero-order valence-corrected chi connectivity index (χ0v) is 26.7. The number of ether oxygens (including phenoxy) is 3. The van der Waals surface area contributed by atoms with Gasteiger partial charge >= 0.3 is 6.09 Å². The highest BCUT2D eigenvalue weighted by Gasteiger charge is 2.38. The van der Waals surface area contributed by atoms with Gasteiger partial charge in [0.1, 0.15) is 28.9 Å². The molecule has 2 unspecified atom stereocenters. The summed E-state index contributed by atoms with van der Waals surface area (Å²) < 4.78 is 38.7. The van der Waals surface area contributed by atoms with Crippen molar-refractivity contribution in [2.24, 2.45) is 0 Å². The number of carbonyl (C=O) groups is 2. The molecule has 0 spiro atoms. The first-order chi connectivity index (χ1) is 22.1. The van der Waals surface area contributed by atoms with Crippen molar-refractivity contribution in [1.29, 1.82) is 0 Å². The van der Waals surface area contributed by atoms with E-state index in [9.17, 15) is 9.59 Å². The number of aromatic nitrogens is 1. The number of anilines is 1. The zero-order valence-electron chi connectivity index (χ0n) is 26.7. The van der Waals surface area contributed by atoms with Crippen LogP contribution in [0.25, 0.3) is 22.2 Å². The largest absolute Gasteiger partial charge is 0.497 e. The molecular weight excluding hydrogens is 591 g/mol. The summed E-state index contributed by atoms with van der Waals surface area (Å²) in [5, 5.41) is 7.04. The Bertz CT molecular complexity index is 1780. The molecule has 10 nitrogen and oxygen atoms in total. The maximum atomic E-state index is 16.5. The van der Waals surface area contributed by atoms with E-state index in [0.29, 0.717) is 41.2 Å². The number of furan rings is 1. The summed E-state index contributed by atoms with van der Waals surface area (Å²) in [5.74, 6) is 0.280. The summed E-state index contributed by atoms with van der Waals surface area (Å²) in [5.41, 5.74) is 2.13. The minimum Gasteiger partial charge on any atom is -0.497 e. The fourth-order valence-corrected chi connectivity index (χ4v) is 6.29. The third kappa shape index (κ3) is 6.18. The van der Waals surface area contributed by atoms with Gasteiger partial charge in [0.25, 0.3) is 5.91 Å². The Labute approximate surface area is 267 Å². The van der Waals surface area contributed by atoms with Crippen molar-refractivity contribution in [3.8, 4) is 22.8 Å². The molecule has 0 radical (unpaired) electrons. The Morgan fingerprint density at radius 3 is 2.59 bits per heavy atom. The molecule has 2 aromatic carbocycles. The molecule has 2 aromatic heterocycles. The Kier molecular flexibility index (Phi) is 8.50. The van der Waals surface area contributed by atoms with Crippen molar-refractivity contribution in [3.05, 3.63) is 71.2 Å². The number of nitrogens with zero attached hydrogens (tertiary/aromatic N) is 2. The fourth-order valence-electron chi connectivity index (χ4n) is 6.29. The number of fused-ring (bicyclic) bond motifs is 2. The number of hydrogen-bond acceptors (Lipinski definition) is 8. The van der Waals surface area contributed by atoms with Crippen LogP contribution in [0, 0.1) is 5.82 Å². The number of hydrogen-bond donors (Lipinski definition) is 2. The first-order valence-corrected chi connectivity index (χ1v) is 15.5. The molecule has 2 aliphatic rings. The Morgan fingerprint density at radius 1 is 1.09 bits per heavy atom. The first-order valence-electron chi connectivity index (χ1n) is 15.5. The molecule has 2 atom stereocenters. The Balaban J connectivity index is 1.38. The topological polar surface area (TPSA) is 115 Å². The molecule has 1 aliphatic carbocycles. The van der Waals surface area contributed by atoms with Crippen LogP contribution >= 0.6 is 0 Å². The van der Waals surface area contributed by atoms with Crippen LogP contribution in [0.1, 0.15) is 67.9 Å². The lowest BCUT2D eigenvalue weighted by Crippen LogP contribution is -2.50. The maximum Gasteiger partial charge on any atom is 0.407 e. The molecule has 6 rings (SSSR count). The lowest BCUT2D eigenvalue weighted by molar-refractivity contribution is 0.0488. The van der Waals surface area contributed by atoms with Crippen LogP contribution in [-0.2, 0) is 17.8 Å². The molecule has 0 saturated heterocycles. The van der Waals surface area contributed by atoms with Gasteiger partial charge in [-0.25, -0.2) is 14.2 Å². The number of nitrogens with one attached hydrogen (secondary N) is 2. The van der Waals surface area contributed by atoms with Gasteiger partial charge in [-0.3, -0.25) is 4.79 Å². The van der Waals surface area contributed by atoms with E-state index in [4.69, 9.17) is 23.6 Å². The second-order valence-electron chi connectivity index (χ2n) is 12.7. The summed E-state index contributed by atoms with van der Waals surface area (Å²) in [7, 11) is 3.12. The molecule has 3 heterocycles. The van der Waals surface area contributed by atoms with Crippen LogP contribution in [-0.4, -0.2) is 53.8 Å². The highest BCUT2D eigenvalue weighted by molar-refractivity contribution is 6.07. The summed E-state index contributed by atoms with van der Waals surface area (Å²) in [4.78, 5) is 33.1. The van der Waals surface area contributed by atoms with Crippen LogP contribution in [0.15, 0.2) is 53.1 Å². The standard InChI is InChI=1S/C35H39FN4O6/c1-35(2,3)46-34(42)38-26-12-8-7-11-25(26)37-32-30(36)23-18-40(17-20-14-15-21(43-4)16-28(20)44-5)33(41)29(23)31(39-32)24-19-45-27-13-9-6-10-22(24)27/h6,9-10,13-16,19,25-26H,7-8,11-12,17-18H2,1-5H3,(H,37,39)(H,38,42). The lowest BCUT2D eigenvalue weighted by atomic mass is 9.90. The van der Waals surface area contributed by atoms with Crippen LogP contribution in [0.3, 0.4) is 0 Å². The summed E-state index contributed by atoms with van der Waals surface area (Å²) in [6.07, 6.45) is 4.28. The van der Waals surface area contributed by atoms with Crippen LogP contribution in [0.4, 0.5) is 15.0 Å². The molecule has 1 fully saturated rings. The second-order valence-corrected chi connectivity index (χ2v) is 12.7. The van der Waals surface area contributed by atoms with E-state index in [-0.39, 0.29) is 48.0 Å². The van der Waals surface area contributed by atoms with Gasteiger partial charge in [0.2, 0.25) is 0 Å². The average molecular weight is 631 g/mol. The van der Waals surface area contributed by atoms with Crippen molar-refractivity contribution in [3.63, 3.8) is 0 Å². The Hall–Kier alpha value is -4.80. The third-order valence-corrected chi connectivity index (χ3v) is 8.47. The smallest absolute Gasteiger partial charge is 0.407 e. The van der Waals surface area contributed by atoms with Crippen molar-refractivity contribution in [1.82, 2.24) is 15.2 Å². The van der Waals surface area contributed by atoms with Gasteiger partial charge in [0.15, 0.2) is 11.6 Å². The molecular formula is C35H39FN4O6. The zero-order chi connectivity index (χ0) is 32.6. The molecule has 4 aromatic rings. The van der Waals surface area contributed by atoms with Crippen LogP contribution < -0.4 is 20.1 Å². The van der Waals surface area contributed by atoms with Crippen molar-refractivity contribution in [2.45, 2.75) is 77.2 Å². The minimum absolute atomic E-state index is 0.0265. The van der Waals surface area contributed by atoms with E-state index >= 15 is 4.39 Å². The molecule has 1 aliphatic heterocycles. The van der Waals surface area contributed by atoms with Crippen LogP contribution in [0.5, 0.6) is 11.5 Å². The van der Waals surface area contributed by atoms with Crippen molar-refractivity contribution in [2.75, 3.05) is 19.5 Å². The molecule has 11 heteroatoms. The van der Waals surface area contributed by atoms with E-state index in [2.05, 4.69) is 10.6 Å². The lowest BCUT2D eigenvalue weighted by Gasteiger charge is -2.34. The van der Waals surface area contributed by atoms with Crippen molar-refractivity contribution < 1.29 is 32.6 Å². The predicted molar refractivity (Wildman–Crippen MR) is 172 cm³/mol. The number of pyridine rings is 1. The van der Waals surface area contributed by atoms with Gasteiger partial charge in [-0.05, 0) is 51.8 Å². The third-order valence-electron chi connectivity index (χ3n) is 8.47. The van der Waals surface area contributed by atoms with Gasteiger partial charge in [0, 0.05) is 40.7 Å². The number of carbonyl (C=O) groups excluding carboxylic acids is 2. The number of halogens is 1. The number of para-hydroxylation sites is 1. The molecule has 2 amide bonds. The van der Waals surface area contributed by atoms with Crippen molar-refractivity contribution >= 4 is 28.8 Å². The van der Waals surface area contributed by atoms with E-state index in [1.807, 2.05) is 51.1 Å². The number of methoxy groups -OCH3 is 2. The molecule has 1 saturated carbocycles. The summed E-state index contributed by atoms with van der Waals surface area (Å²) in [6, 6.07) is 12.3. The number of rotatable bonds is 8. The van der Waals surface area contributed by atoms with E-state index < -0.39 is 17.5 Å². The Morgan fingerprint density at radius 2 is 1.85 bits per heavy atom. The first kappa shape index (κ1) is 31.2. The predicted octanol–water partition coefficient (Wildman–Crippen LogP) is 7.05. The highest BCUT2D eigenvalue weighted by Crippen LogP contribution is 2.40. The van der Waals surface area contributed by atoms with E-state index in [1.54, 1.807) is 37.5 Å². The van der Waals surface area contributed by atoms with Gasteiger partial charge in [-0.15, -0.1) is 0 Å². The number of benzene rings is 2. The minimum atomic E-state index is -0.647. The number of alkyl carbamates (subject to hydrolysis) is 1. The van der Waals surface area contributed by atoms with Gasteiger partial charge in [-0.2, -0.15) is 0 Å². The van der Waals surface area contributed by atoms with Gasteiger partial charge < -0.3 is 34.2 Å². The second kappa shape index (κ2) is 12.5. The molecule has 2 N–H and O–H groups in total. The van der Waals surface area contributed by atoms with Crippen LogP contribution in [0.2, 0.25) is 0 Å². The van der Waals surface area contributed by atoms with Gasteiger partial charge in [-0.1, -0.05) is 31.0 Å². The van der Waals surface area contributed by atoms with E-state index in [1.165, 1.54) is 0 Å². The summed E-state index contributed by atoms with van der Waals surface area (Å²) in [6.45, 7) is 5.66. The average Bonchev–Trinajstić information content (AvgIpc) is 3.60. The SMILES string of the molecule is COc1ccc(CN2Cc3c(F)c(NC4CCCCC4NC(=O)OC(C)(C)C)nc(-c4coc5ccccc45)c3C2=O)c(OC)c1. The molecule has 46 heavy (non-hydrogen) atoms. The maximum absolute atomic E-state index is 16.5. The summed E-state index contributed by atoms with van der Waals surface area (Å²) >= 11 is 0. The molecule has 0 bridgehead atoms. The monoisotopic (exact) mass is 630 g/mol.